The van der Waals surface area contributed by atoms with Crippen LogP contribution in [0.2, 0.25) is 0 Å². The zero-order chi connectivity index (χ0) is 13.4. The van der Waals surface area contributed by atoms with Gasteiger partial charge >= 0.3 is 0 Å². The van der Waals surface area contributed by atoms with Gasteiger partial charge in [0.2, 0.25) is 0 Å². The minimum Gasteiger partial charge on any atom is -0.318 e. The van der Waals surface area contributed by atoms with Gasteiger partial charge in [-0.15, -0.1) is 0 Å². The van der Waals surface area contributed by atoms with Crippen LogP contribution in [0.15, 0.2) is 18.2 Å². The summed E-state index contributed by atoms with van der Waals surface area (Å²) in [6.45, 7) is 3.34. The van der Waals surface area contributed by atoms with Crippen LogP contribution in [0.5, 0.6) is 0 Å². The van der Waals surface area contributed by atoms with Crippen molar-refractivity contribution in [3.63, 3.8) is 0 Å². The summed E-state index contributed by atoms with van der Waals surface area (Å²) in [7, 11) is 0. The molecule has 1 aromatic carbocycles. The molecule has 0 aliphatic carbocycles. The van der Waals surface area contributed by atoms with E-state index in [1.165, 1.54) is 4.57 Å². The summed E-state index contributed by atoms with van der Waals surface area (Å²) >= 11 is 0. The van der Waals surface area contributed by atoms with Crippen molar-refractivity contribution in [2.24, 2.45) is 0 Å². The van der Waals surface area contributed by atoms with Crippen LogP contribution >= 0.6 is 0 Å². The molecule has 18 heavy (non-hydrogen) atoms. The number of carbonyl (C=O) groups excluding carboxylic acids is 1. The maximum absolute atomic E-state index is 13.2. The van der Waals surface area contributed by atoms with Gasteiger partial charge in [-0.3, -0.25) is 4.79 Å². The van der Waals surface area contributed by atoms with E-state index in [0.29, 0.717) is 23.2 Å². The molecule has 0 atom stereocenters. The highest BCUT2D eigenvalue weighted by Crippen LogP contribution is 2.22. The standard InChI is InChI=1S/C13H10F3NO/c1-7-3-9(6-18)8(2)17(7)10-4-11(14)13(16)12(15)5-10/h3-6H,1-2H3. The highest BCUT2D eigenvalue weighted by atomic mass is 19.2. The summed E-state index contributed by atoms with van der Waals surface area (Å²) < 4.78 is 40.7. The number of nitrogens with zero attached hydrogens (tertiary/aromatic N) is 1. The minimum atomic E-state index is -1.50. The van der Waals surface area contributed by atoms with E-state index in [9.17, 15) is 18.0 Å². The zero-order valence-electron chi connectivity index (χ0n) is 9.80. The van der Waals surface area contributed by atoms with Gasteiger partial charge in [-0.1, -0.05) is 0 Å². The van der Waals surface area contributed by atoms with Crippen LogP contribution in [0.3, 0.4) is 0 Å². The zero-order valence-corrected chi connectivity index (χ0v) is 9.80. The van der Waals surface area contributed by atoms with Crippen LogP contribution in [0.25, 0.3) is 5.69 Å². The first-order chi connectivity index (χ1) is 8.45. The van der Waals surface area contributed by atoms with Crippen molar-refractivity contribution in [3.8, 4) is 5.69 Å². The molecule has 2 aromatic rings. The molecule has 94 valence electrons. The molecule has 0 N–H and O–H groups in total. The van der Waals surface area contributed by atoms with Gasteiger partial charge in [0.15, 0.2) is 23.7 Å². The van der Waals surface area contributed by atoms with Crippen LogP contribution < -0.4 is 0 Å². The van der Waals surface area contributed by atoms with Crippen LogP contribution in [0.4, 0.5) is 13.2 Å². The normalized spacial score (nSPS) is 10.7. The maximum Gasteiger partial charge on any atom is 0.194 e. The summed E-state index contributed by atoms with van der Waals surface area (Å²) in [5.74, 6) is -4.02. The second kappa shape index (κ2) is 4.33. The summed E-state index contributed by atoms with van der Waals surface area (Å²) in [4.78, 5) is 10.8. The van der Waals surface area contributed by atoms with Crippen LogP contribution in [-0.4, -0.2) is 10.9 Å². The topological polar surface area (TPSA) is 22.0 Å². The van der Waals surface area contributed by atoms with E-state index in [0.717, 1.165) is 12.1 Å². The molecule has 2 rings (SSSR count). The van der Waals surface area contributed by atoms with Gasteiger partial charge in [-0.25, -0.2) is 13.2 Å². The Bertz CT molecular complexity index is 608. The second-order valence-electron chi connectivity index (χ2n) is 4.00. The molecule has 0 bridgehead atoms. The van der Waals surface area contributed by atoms with Gasteiger partial charge < -0.3 is 4.57 Å². The molecule has 0 unspecified atom stereocenters. The fraction of sp³-hybridized carbons (Fsp3) is 0.154. The first-order valence-electron chi connectivity index (χ1n) is 5.24. The number of benzene rings is 1. The number of halogens is 3. The van der Waals surface area contributed by atoms with Gasteiger partial charge in [-0.05, 0) is 19.9 Å². The van der Waals surface area contributed by atoms with Gasteiger partial charge in [0.05, 0.1) is 5.69 Å². The van der Waals surface area contributed by atoms with Crippen molar-refractivity contribution in [3.05, 3.63) is 52.6 Å². The monoisotopic (exact) mass is 253 g/mol. The van der Waals surface area contributed by atoms with Crippen molar-refractivity contribution in [2.75, 3.05) is 0 Å². The first-order valence-corrected chi connectivity index (χ1v) is 5.24. The molecule has 1 heterocycles. The highest BCUT2D eigenvalue weighted by molar-refractivity contribution is 5.77. The number of aromatic nitrogens is 1. The fourth-order valence-corrected chi connectivity index (χ4v) is 1.98. The maximum atomic E-state index is 13.2. The van der Waals surface area contributed by atoms with Crippen molar-refractivity contribution < 1.29 is 18.0 Å². The van der Waals surface area contributed by atoms with Crippen molar-refractivity contribution >= 4 is 6.29 Å². The van der Waals surface area contributed by atoms with Crippen molar-refractivity contribution in [2.45, 2.75) is 13.8 Å². The van der Waals surface area contributed by atoms with E-state index in [1.54, 1.807) is 19.9 Å². The predicted molar refractivity (Wildman–Crippen MR) is 60.5 cm³/mol. The third-order valence-electron chi connectivity index (χ3n) is 2.82. The van der Waals surface area contributed by atoms with Crippen molar-refractivity contribution in [1.82, 2.24) is 4.57 Å². The summed E-state index contributed by atoms with van der Waals surface area (Å²) in [5.41, 5.74) is 1.76. The lowest BCUT2D eigenvalue weighted by molar-refractivity contribution is 0.112. The SMILES string of the molecule is Cc1cc(C=O)c(C)n1-c1cc(F)c(F)c(F)c1. The van der Waals surface area contributed by atoms with E-state index in [2.05, 4.69) is 0 Å². The number of hydrogen-bond donors (Lipinski definition) is 0. The highest BCUT2D eigenvalue weighted by Gasteiger charge is 2.15. The molecule has 1 aromatic heterocycles. The van der Waals surface area contributed by atoms with Gasteiger partial charge in [0.25, 0.3) is 0 Å². The Hall–Kier alpha value is -2.04. The molecular weight excluding hydrogens is 243 g/mol. The Morgan fingerprint density at radius 1 is 1.06 bits per heavy atom. The third kappa shape index (κ3) is 1.81. The Morgan fingerprint density at radius 3 is 2.06 bits per heavy atom. The Labute approximate surface area is 102 Å². The van der Waals surface area contributed by atoms with Gasteiger partial charge in [0.1, 0.15) is 0 Å². The summed E-state index contributed by atoms with van der Waals surface area (Å²) in [6, 6.07) is 3.39. The molecule has 0 spiro atoms. The first kappa shape index (κ1) is 12.4. The van der Waals surface area contributed by atoms with Gasteiger partial charge in [0, 0.05) is 29.1 Å². The molecule has 0 saturated heterocycles. The van der Waals surface area contributed by atoms with Crippen molar-refractivity contribution in [1.29, 1.82) is 0 Å². The lowest BCUT2D eigenvalue weighted by Crippen LogP contribution is -2.03. The molecule has 0 aliphatic heterocycles. The molecule has 0 radical (unpaired) electrons. The Morgan fingerprint density at radius 2 is 1.61 bits per heavy atom. The number of aryl methyl sites for hydroxylation is 1. The van der Waals surface area contributed by atoms with E-state index < -0.39 is 17.5 Å². The van der Waals surface area contributed by atoms with Crippen LogP contribution in [0.1, 0.15) is 21.7 Å². The molecule has 0 fully saturated rings. The smallest absolute Gasteiger partial charge is 0.194 e. The van der Waals surface area contributed by atoms with E-state index >= 15 is 0 Å². The Balaban J connectivity index is 2.69. The lowest BCUT2D eigenvalue weighted by atomic mass is 10.2. The second-order valence-corrected chi connectivity index (χ2v) is 4.00. The fourth-order valence-electron chi connectivity index (χ4n) is 1.98. The molecule has 0 saturated carbocycles. The molecule has 5 heteroatoms. The largest absolute Gasteiger partial charge is 0.318 e. The number of aldehydes is 1. The Kier molecular flexibility index (Phi) is 2.98. The molecule has 2 nitrogen and oxygen atoms in total. The van der Waals surface area contributed by atoms with Crippen LogP contribution in [-0.2, 0) is 0 Å². The number of rotatable bonds is 2. The van der Waals surface area contributed by atoms with E-state index in [4.69, 9.17) is 0 Å². The van der Waals surface area contributed by atoms with E-state index in [1.807, 2.05) is 0 Å². The average molecular weight is 253 g/mol. The minimum absolute atomic E-state index is 0.148. The van der Waals surface area contributed by atoms with E-state index in [-0.39, 0.29) is 5.69 Å². The number of hydrogen-bond acceptors (Lipinski definition) is 1. The summed E-state index contributed by atoms with van der Waals surface area (Å²) in [6.07, 6.45) is 0.662. The van der Waals surface area contributed by atoms with Gasteiger partial charge in [-0.2, -0.15) is 0 Å². The average Bonchev–Trinajstić information content (AvgIpc) is 2.60. The molecular formula is C13H10F3NO. The molecule has 0 aliphatic rings. The lowest BCUT2D eigenvalue weighted by Gasteiger charge is -2.10. The number of carbonyl (C=O) groups is 1. The third-order valence-corrected chi connectivity index (χ3v) is 2.82. The quantitative estimate of drug-likeness (QED) is 0.594. The molecule has 0 amide bonds. The summed E-state index contributed by atoms with van der Waals surface area (Å²) in [5, 5.41) is 0. The predicted octanol–water partition coefficient (Wildman–Crippen LogP) is 3.32. The van der Waals surface area contributed by atoms with Crippen LogP contribution in [0, 0.1) is 31.3 Å².